The number of anilines is 1. The van der Waals surface area contributed by atoms with Gasteiger partial charge in [0.2, 0.25) is 0 Å². The number of carbonyl (C=O) groups excluding carboxylic acids is 1. The molecule has 1 aromatic carbocycles. The Bertz CT molecular complexity index is 352. The molecule has 0 aliphatic carbocycles. The number of carbonyl (C=O) groups is 1. The van der Waals surface area contributed by atoms with Crippen LogP contribution in [0.2, 0.25) is 0 Å². The lowest BCUT2D eigenvalue weighted by molar-refractivity contribution is 0.166. The molecule has 1 heterocycles. The van der Waals surface area contributed by atoms with Crippen molar-refractivity contribution in [2.24, 2.45) is 0 Å². The zero-order valence-corrected chi connectivity index (χ0v) is 7.73. The van der Waals surface area contributed by atoms with Crippen LogP contribution in [0.15, 0.2) is 24.3 Å². The Hall–Kier alpha value is -1.55. The van der Waals surface area contributed by atoms with E-state index < -0.39 is 6.03 Å². The minimum absolute atomic E-state index is 0.461. The van der Waals surface area contributed by atoms with E-state index in [4.69, 9.17) is 5.21 Å². The van der Waals surface area contributed by atoms with Gasteiger partial charge in [0.1, 0.15) is 0 Å². The van der Waals surface area contributed by atoms with Crippen LogP contribution in [0.25, 0.3) is 0 Å². The Morgan fingerprint density at radius 2 is 2.21 bits per heavy atom. The molecular weight excluding hydrogens is 180 g/mol. The third kappa shape index (κ3) is 1.44. The molecule has 0 saturated carbocycles. The summed E-state index contributed by atoms with van der Waals surface area (Å²) >= 11 is 0. The van der Waals surface area contributed by atoms with Crippen molar-refractivity contribution in [3.63, 3.8) is 0 Å². The number of nitrogens with one attached hydrogen (secondary N) is 1. The van der Waals surface area contributed by atoms with Crippen LogP contribution in [0, 0.1) is 0 Å². The molecule has 0 radical (unpaired) electrons. The van der Waals surface area contributed by atoms with Crippen molar-refractivity contribution in [2.75, 3.05) is 11.4 Å². The molecule has 0 bridgehead atoms. The Kier molecular flexibility index (Phi) is 2.37. The summed E-state index contributed by atoms with van der Waals surface area (Å²) in [7, 11) is 0. The van der Waals surface area contributed by atoms with E-state index in [9.17, 15) is 4.79 Å². The Balaban J connectivity index is 2.35. The minimum Gasteiger partial charge on any atom is -0.292 e. The van der Waals surface area contributed by atoms with Gasteiger partial charge in [-0.3, -0.25) is 10.1 Å². The number of hydrogen-bond donors (Lipinski definition) is 2. The van der Waals surface area contributed by atoms with Gasteiger partial charge in [-0.2, -0.15) is 0 Å². The van der Waals surface area contributed by atoms with Crippen LogP contribution in [-0.2, 0) is 6.42 Å². The first-order valence-electron chi connectivity index (χ1n) is 4.62. The first-order valence-corrected chi connectivity index (χ1v) is 4.62. The average Bonchev–Trinajstić information content (AvgIpc) is 2.27. The van der Waals surface area contributed by atoms with Crippen LogP contribution in [0.4, 0.5) is 10.5 Å². The molecule has 0 fully saturated rings. The molecule has 1 aromatic rings. The SMILES string of the molecule is O=C(NO)N1CCCc2ccccc21. The first-order chi connectivity index (χ1) is 6.83. The molecule has 1 aliphatic heterocycles. The smallest absolute Gasteiger partial charge is 0.292 e. The van der Waals surface area contributed by atoms with Crippen LogP contribution >= 0.6 is 0 Å². The fourth-order valence-electron chi connectivity index (χ4n) is 1.80. The summed E-state index contributed by atoms with van der Waals surface area (Å²) < 4.78 is 0. The summed E-state index contributed by atoms with van der Waals surface area (Å²) in [5.74, 6) is 0. The minimum atomic E-state index is -0.461. The van der Waals surface area contributed by atoms with Gasteiger partial charge in [0.05, 0.1) is 0 Å². The van der Waals surface area contributed by atoms with Crippen LogP contribution < -0.4 is 10.4 Å². The summed E-state index contributed by atoms with van der Waals surface area (Å²) in [6, 6.07) is 7.29. The highest BCUT2D eigenvalue weighted by Crippen LogP contribution is 2.26. The molecule has 1 aliphatic rings. The highest BCUT2D eigenvalue weighted by Gasteiger charge is 2.21. The van der Waals surface area contributed by atoms with E-state index in [1.807, 2.05) is 24.3 Å². The normalized spacial score (nSPS) is 14.8. The predicted octanol–water partition coefficient (Wildman–Crippen LogP) is 1.54. The third-order valence-corrected chi connectivity index (χ3v) is 2.45. The number of benzene rings is 1. The number of rotatable bonds is 0. The number of hydrogen-bond acceptors (Lipinski definition) is 2. The number of fused-ring (bicyclic) bond motifs is 1. The van der Waals surface area contributed by atoms with Crippen molar-refractivity contribution in [2.45, 2.75) is 12.8 Å². The fraction of sp³-hybridized carbons (Fsp3) is 0.300. The Morgan fingerprint density at radius 3 is 3.00 bits per heavy atom. The quantitative estimate of drug-likeness (QED) is 0.484. The number of amides is 2. The topological polar surface area (TPSA) is 52.6 Å². The van der Waals surface area contributed by atoms with Crippen LogP contribution in [0.5, 0.6) is 0 Å². The molecule has 4 nitrogen and oxygen atoms in total. The molecule has 2 amide bonds. The first kappa shape index (κ1) is 9.02. The number of nitrogens with zero attached hydrogens (tertiary/aromatic N) is 1. The van der Waals surface area contributed by atoms with E-state index in [2.05, 4.69) is 0 Å². The lowest BCUT2D eigenvalue weighted by atomic mass is 10.0. The molecule has 0 spiro atoms. The van der Waals surface area contributed by atoms with Gasteiger partial charge >= 0.3 is 6.03 Å². The Morgan fingerprint density at radius 1 is 1.43 bits per heavy atom. The van der Waals surface area contributed by atoms with Gasteiger partial charge in [-0.1, -0.05) is 18.2 Å². The third-order valence-electron chi connectivity index (χ3n) is 2.45. The van der Waals surface area contributed by atoms with Crippen LogP contribution in [0.3, 0.4) is 0 Å². The standard InChI is InChI=1S/C10H12N2O2/c13-10(11-14)12-7-3-5-8-4-1-2-6-9(8)12/h1-2,4,6,14H,3,5,7H2,(H,11,13). The maximum atomic E-state index is 11.3. The van der Waals surface area contributed by atoms with Crippen molar-refractivity contribution in [3.8, 4) is 0 Å². The molecule has 0 unspecified atom stereocenters. The van der Waals surface area contributed by atoms with E-state index in [1.54, 1.807) is 10.4 Å². The van der Waals surface area contributed by atoms with E-state index in [0.29, 0.717) is 6.54 Å². The van der Waals surface area contributed by atoms with Gasteiger partial charge in [-0.05, 0) is 24.5 Å². The van der Waals surface area contributed by atoms with Crippen molar-refractivity contribution in [1.29, 1.82) is 0 Å². The summed E-state index contributed by atoms with van der Waals surface area (Å²) in [6.07, 6.45) is 1.93. The summed E-state index contributed by atoms with van der Waals surface area (Å²) in [4.78, 5) is 12.8. The predicted molar refractivity (Wildman–Crippen MR) is 52.4 cm³/mol. The lowest BCUT2D eigenvalue weighted by Crippen LogP contribution is -2.41. The largest absolute Gasteiger partial charge is 0.345 e. The van der Waals surface area contributed by atoms with E-state index in [-0.39, 0.29) is 0 Å². The van der Waals surface area contributed by atoms with Crippen molar-refractivity contribution >= 4 is 11.7 Å². The lowest BCUT2D eigenvalue weighted by Gasteiger charge is -2.28. The molecule has 4 heteroatoms. The van der Waals surface area contributed by atoms with Gasteiger partial charge in [0.25, 0.3) is 0 Å². The molecular formula is C10H12N2O2. The second-order valence-corrected chi connectivity index (χ2v) is 3.30. The second kappa shape index (κ2) is 3.67. The summed E-state index contributed by atoms with van der Waals surface area (Å²) in [6.45, 7) is 0.656. The average molecular weight is 192 g/mol. The van der Waals surface area contributed by atoms with E-state index >= 15 is 0 Å². The number of urea groups is 1. The van der Waals surface area contributed by atoms with Crippen molar-refractivity contribution in [3.05, 3.63) is 29.8 Å². The fourth-order valence-corrected chi connectivity index (χ4v) is 1.80. The van der Waals surface area contributed by atoms with E-state index in [1.165, 1.54) is 0 Å². The number of hydroxylamine groups is 1. The highest BCUT2D eigenvalue weighted by atomic mass is 16.5. The van der Waals surface area contributed by atoms with Crippen LogP contribution in [-0.4, -0.2) is 17.8 Å². The van der Waals surface area contributed by atoms with Gasteiger partial charge in [0, 0.05) is 12.2 Å². The summed E-state index contributed by atoms with van der Waals surface area (Å²) in [5, 5.41) is 8.57. The van der Waals surface area contributed by atoms with Crippen LogP contribution in [0.1, 0.15) is 12.0 Å². The maximum Gasteiger partial charge on any atom is 0.345 e. The van der Waals surface area contributed by atoms with Gasteiger partial charge < -0.3 is 0 Å². The molecule has 0 aromatic heterocycles. The molecule has 2 N–H and O–H groups in total. The monoisotopic (exact) mass is 192 g/mol. The second-order valence-electron chi connectivity index (χ2n) is 3.30. The van der Waals surface area contributed by atoms with Crippen molar-refractivity contribution in [1.82, 2.24) is 5.48 Å². The molecule has 2 rings (SSSR count). The molecule has 74 valence electrons. The molecule has 14 heavy (non-hydrogen) atoms. The zero-order valence-electron chi connectivity index (χ0n) is 7.73. The Labute approximate surface area is 82.1 Å². The van der Waals surface area contributed by atoms with Gasteiger partial charge in [-0.25, -0.2) is 10.3 Å². The van der Waals surface area contributed by atoms with Crippen molar-refractivity contribution < 1.29 is 10.0 Å². The molecule has 0 atom stereocenters. The maximum absolute atomic E-state index is 11.3. The number of aryl methyl sites for hydroxylation is 1. The van der Waals surface area contributed by atoms with Gasteiger partial charge in [-0.15, -0.1) is 0 Å². The zero-order chi connectivity index (χ0) is 9.97. The number of para-hydroxylation sites is 1. The summed E-state index contributed by atoms with van der Waals surface area (Å²) in [5.41, 5.74) is 3.71. The highest BCUT2D eigenvalue weighted by molar-refractivity contribution is 5.92. The molecule has 0 saturated heterocycles. The van der Waals surface area contributed by atoms with Gasteiger partial charge in [0.15, 0.2) is 0 Å². The van der Waals surface area contributed by atoms with E-state index in [0.717, 1.165) is 24.1 Å².